The van der Waals surface area contributed by atoms with Gasteiger partial charge in [0.15, 0.2) is 0 Å². The molecule has 22 heavy (non-hydrogen) atoms. The van der Waals surface area contributed by atoms with Crippen molar-refractivity contribution >= 4 is 29.0 Å². The van der Waals surface area contributed by atoms with Crippen LogP contribution < -0.4 is 5.32 Å². The summed E-state index contributed by atoms with van der Waals surface area (Å²) in [4.78, 5) is 12.8. The molecule has 0 unspecified atom stereocenters. The van der Waals surface area contributed by atoms with Crippen molar-refractivity contribution < 1.29 is 4.79 Å². The number of aromatic nitrogens is 2. The number of hydrogen-bond acceptors (Lipinski definition) is 4. The predicted molar refractivity (Wildman–Crippen MR) is 88.0 cm³/mol. The van der Waals surface area contributed by atoms with Crippen LogP contribution in [0.1, 0.15) is 15.2 Å². The van der Waals surface area contributed by atoms with E-state index >= 15 is 0 Å². The van der Waals surface area contributed by atoms with Gasteiger partial charge in [0, 0.05) is 17.1 Å². The zero-order chi connectivity index (χ0) is 15.4. The Bertz CT molecular complexity index is 772. The lowest BCUT2D eigenvalue weighted by Crippen LogP contribution is -2.22. The van der Waals surface area contributed by atoms with Gasteiger partial charge < -0.3 is 5.32 Å². The molecule has 1 heterocycles. The maximum atomic E-state index is 12.3. The van der Waals surface area contributed by atoms with Gasteiger partial charge in [-0.15, -0.1) is 5.10 Å². The van der Waals surface area contributed by atoms with Gasteiger partial charge in [-0.1, -0.05) is 58.6 Å². The van der Waals surface area contributed by atoms with Gasteiger partial charge in [-0.3, -0.25) is 4.79 Å². The average molecular weight is 330 g/mol. The molecule has 0 saturated carbocycles. The maximum absolute atomic E-state index is 12.3. The maximum Gasteiger partial charge on any atom is 0.265 e. The summed E-state index contributed by atoms with van der Waals surface area (Å²) >= 11 is 6.97. The van der Waals surface area contributed by atoms with E-state index in [-0.39, 0.29) is 5.91 Å². The van der Waals surface area contributed by atoms with Gasteiger partial charge in [0.25, 0.3) is 5.91 Å². The molecule has 0 saturated heterocycles. The van der Waals surface area contributed by atoms with Crippen LogP contribution in [0.15, 0.2) is 54.6 Å². The summed E-state index contributed by atoms with van der Waals surface area (Å²) < 4.78 is 3.89. The molecule has 0 aliphatic rings. The van der Waals surface area contributed by atoms with E-state index in [1.165, 1.54) is 0 Å². The number of carbonyl (C=O) groups excluding carboxylic acids is 1. The molecule has 0 fully saturated rings. The highest BCUT2D eigenvalue weighted by molar-refractivity contribution is 7.08. The Labute approximate surface area is 136 Å². The van der Waals surface area contributed by atoms with Crippen molar-refractivity contribution in [3.05, 3.63) is 70.1 Å². The molecule has 0 bridgehead atoms. The molecule has 3 rings (SSSR count). The molecular weight excluding hydrogens is 318 g/mol. The quantitative estimate of drug-likeness (QED) is 0.792. The molecule has 0 spiro atoms. The van der Waals surface area contributed by atoms with Crippen molar-refractivity contribution in [1.82, 2.24) is 14.9 Å². The van der Waals surface area contributed by atoms with Crippen molar-refractivity contribution in [2.75, 3.05) is 0 Å². The van der Waals surface area contributed by atoms with Crippen LogP contribution in [-0.4, -0.2) is 15.5 Å². The second kappa shape index (κ2) is 6.68. The van der Waals surface area contributed by atoms with E-state index in [9.17, 15) is 4.79 Å². The third kappa shape index (κ3) is 3.32. The van der Waals surface area contributed by atoms with Crippen molar-refractivity contribution in [1.29, 1.82) is 0 Å². The number of nitrogens with zero attached hydrogens (tertiary/aromatic N) is 2. The molecular formula is C16H12ClN3OS. The van der Waals surface area contributed by atoms with E-state index in [0.29, 0.717) is 22.1 Å². The van der Waals surface area contributed by atoms with Crippen molar-refractivity contribution in [2.45, 2.75) is 6.54 Å². The number of nitrogens with one attached hydrogen (secondary N) is 1. The van der Waals surface area contributed by atoms with Crippen LogP contribution in [-0.2, 0) is 6.54 Å². The number of benzene rings is 2. The normalized spacial score (nSPS) is 10.4. The summed E-state index contributed by atoms with van der Waals surface area (Å²) in [5.74, 6) is -0.177. The van der Waals surface area contributed by atoms with E-state index in [2.05, 4.69) is 14.9 Å². The minimum Gasteiger partial charge on any atom is -0.347 e. The van der Waals surface area contributed by atoms with Crippen molar-refractivity contribution in [3.8, 4) is 11.3 Å². The van der Waals surface area contributed by atoms with Gasteiger partial charge >= 0.3 is 0 Å². The topological polar surface area (TPSA) is 54.9 Å². The molecule has 0 atom stereocenters. The van der Waals surface area contributed by atoms with Gasteiger partial charge in [-0.05, 0) is 29.2 Å². The smallest absolute Gasteiger partial charge is 0.265 e. The average Bonchev–Trinajstić information content (AvgIpc) is 3.04. The summed E-state index contributed by atoms with van der Waals surface area (Å²) in [5.41, 5.74) is 2.44. The molecule has 0 radical (unpaired) electrons. The van der Waals surface area contributed by atoms with Crippen LogP contribution in [0.4, 0.5) is 0 Å². The van der Waals surface area contributed by atoms with Crippen LogP contribution in [0.25, 0.3) is 11.3 Å². The number of rotatable bonds is 4. The van der Waals surface area contributed by atoms with Crippen LogP contribution in [0.3, 0.4) is 0 Å². The third-order valence-corrected chi connectivity index (χ3v) is 4.08. The van der Waals surface area contributed by atoms with Crippen molar-refractivity contribution in [2.24, 2.45) is 0 Å². The molecule has 1 N–H and O–H groups in total. The number of amides is 1. The Morgan fingerprint density at radius 1 is 1.09 bits per heavy atom. The highest BCUT2D eigenvalue weighted by atomic mass is 35.5. The summed E-state index contributed by atoms with van der Waals surface area (Å²) in [6.45, 7) is 0.470. The molecule has 2 aromatic carbocycles. The lowest BCUT2D eigenvalue weighted by atomic mass is 10.1. The Kier molecular flexibility index (Phi) is 4.46. The van der Waals surface area contributed by atoms with Crippen LogP contribution in [0.2, 0.25) is 5.02 Å². The summed E-state index contributed by atoms with van der Waals surface area (Å²) in [5, 5.41) is 7.59. The fourth-order valence-corrected chi connectivity index (χ4v) is 2.73. The second-order valence-corrected chi connectivity index (χ2v) is 5.82. The molecule has 6 heteroatoms. The molecule has 0 aliphatic carbocycles. The minimum absolute atomic E-state index is 0.177. The van der Waals surface area contributed by atoms with Crippen LogP contribution in [0, 0.1) is 0 Å². The van der Waals surface area contributed by atoms with E-state index < -0.39 is 0 Å². The zero-order valence-electron chi connectivity index (χ0n) is 11.5. The molecule has 3 aromatic rings. The summed E-state index contributed by atoms with van der Waals surface area (Å²) in [6.07, 6.45) is 0. The first kappa shape index (κ1) is 14.7. The van der Waals surface area contributed by atoms with Crippen LogP contribution in [0.5, 0.6) is 0 Å². The summed E-state index contributed by atoms with van der Waals surface area (Å²) in [6, 6.07) is 16.9. The van der Waals surface area contributed by atoms with Gasteiger partial charge in [0.1, 0.15) is 10.6 Å². The predicted octanol–water partition coefficient (Wildman–Crippen LogP) is 3.79. The molecule has 1 amide bonds. The third-order valence-electron chi connectivity index (χ3n) is 3.11. The van der Waals surface area contributed by atoms with Gasteiger partial charge in [-0.2, -0.15) is 0 Å². The van der Waals surface area contributed by atoms with E-state index in [0.717, 1.165) is 22.7 Å². The van der Waals surface area contributed by atoms with E-state index in [1.54, 1.807) is 12.1 Å². The lowest BCUT2D eigenvalue weighted by molar-refractivity contribution is 0.0955. The van der Waals surface area contributed by atoms with Crippen molar-refractivity contribution in [3.63, 3.8) is 0 Å². The molecule has 1 aromatic heterocycles. The van der Waals surface area contributed by atoms with Gasteiger partial charge in [0.2, 0.25) is 0 Å². The lowest BCUT2D eigenvalue weighted by Gasteiger charge is -2.05. The molecule has 0 aliphatic heterocycles. The van der Waals surface area contributed by atoms with Crippen LogP contribution >= 0.6 is 23.1 Å². The highest BCUT2D eigenvalue weighted by Crippen LogP contribution is 2.25. The number of halogens is 1. The van der Waals surface area contributed by atoms with E-state index in [4.69, 9.17) is 11.6 Å². The first-order chi connectivity index (χ1) is 10.7. The van der Waals surface area contributed by atoms with Gasteiger partial charge in [0.05, 0.1) is 0 Å². The Hall–Kier alpha value is -2.24. The number of hydrogen-bond donors (Lipinski definition) is 1. The Morgan fingerprint density at radius 2 is 1.82 bits per heavy atom. The summed E-state index contributed by atoms with van der Waals surface area (Å²) in [7, 11) is 0. The molecule has 110 valence electrons. The fraction of sp³-hybridized carbons (Fsp3) is 0.0625. The standard InChI is InChI=1S/C16H12ClN3OS/c17-13-8-6-12(7-9-13)14-15(22-20-19-14)16(21)18-10-11-4-2-1-3-5-11/h1-9H,10H2,(H,18,21). The minimum atomic E-state index is -0.177. The SMILES string of the molecule is O=C(NCc1ccccc1)c1snnc1-c1ccc(Cl)cc1. The fourth-order valence-electron chi connectivity index (χ4n) is 1.99. The Balaban J connectivity index is 1.76. The van der Waals surface area contributed by atoms with Gasteiger partial charge in [-0.25, -0.2) is 0 Å². The molecule has 4 nitrogen and oxygen atoms in total. The Morgan fingerprint density at radius 3 is 2.55 bits per heavy atom. The van der Waals surface area contributed by atoms with E-state index in [1.807, 2.05) is 42.5 Å². The number of carbonyl (C=O) groups is 1. The highest BCUT2D eigenvalue weighted by Gasteiger charge is 2.17. The second-order valence-electron chi connectivity index (χ2n) is 4.63. The first-order valence-electron chi connectivity index (χ1n) is 6.64. The first-order valence-corrected chi connectivity index (χ1v) is 7.79. The largest absolute Gasteiger partial charge is 0.347 e. The zero-order valence-corrected chi connectivity index (χ0v) is 13.1. The monoisotopic (exact) mass is 329 g/mol.